The first-order chi connectivity index (χ1) is 11.6. The van der Waals surface area contributed by atoms with Crippen LogP contribution in [-0.4, -0.2) is 26.6 Å². The Labute approximate surface area is 139 Å². The van der Waals surface area contributed by atoms with Gasteiger partial charge in [0.2, 0.25) is 0 Å². The summed E-state index contributed by atoms with van der Waals surface area (Å²) in [6.07, 6.45) is 1.37. The number of aromatic nitrogens is 4. The number of hydrogen-bond acceptors (Lipinski definition) is 5. The molecule has 0 N–H and O–H groups in total. The maximum absolute atomic E-state index is 12.4. The van der Waals surface area contributed by atoms with Gasteiger partial charge in [-0.25, -0.2) is 15.0 Å². The van der Waals surface area contributed by atoms with Crippen LogP contribution in [-0.2, 0) is 11.8 Å². The molecule has 3 aromatic heterocycles. The van der Waals surface area contributed by atoms with Gasteiger partial charge in [-0.15, -0.1) is 0 Å². The summed E-state index contributed by atoms with van der Waals surface area (Å²) in [6.45, 7) is 1.83. The first-order valence-electron chi connectivity index (χ1n) is 7.43. The Balaban J connectivity index is 2.09. The van der Waals surface area contributed by atoms with Gasteiger partial charge in [-0.1, -0.05) is 6.07 Å². The fourth-order valence-corrected chi connectivity index (χ4v) is 2.27. The molecule has 3 rings (SSSR count). The van der Waals surface area contributed by atoms with Crippen LogP contribution in [0, 0.1) is 11.8 Å². The van der Waals surface area contributed by atoms with Gasteiger partial charge < -0.3 is 4.74 Å². The van der Waals surface area contributed by atoms with Crippen molar-refractivity contribution in [3.63, 3.8) is 0 Å². The Hall–Kier alpha value is -3.04. The van der Waals surface area contributed by atoms with Crippen molar-refractivity contribution in [2.45, 2.75) is 13.0 Å². The summed E-state index contributed by atoms with van der Waals surface area (Å²) in [6, 6.07) is 8.93. The molecule has 0 aliphatic carbocycles. The van der Waals surface area contributed by atoms with Crippen molar-refractivity contribution in [1.29, 1.82) is 0 Å². The maximum Gasteiger partial charge on any atom is 0.262 e. The first-order valence-corrected chi connectivity index (χ1v) is 7.43. The van der Waals surface area contributed by atoms with Gasteiger partial charge >= 0.3 is 0 Å². The van der Waals surface area contributed by atoms with Gasteiger partial charge in [-0.05, 0) is 43.0 Å². The van der Waals surface area contributed by atoms with Gasteiger partial charge in [0, 0.05) is 20.4 Å². The van der Waals surface area contributed by atoms with E-state index in [-0.39, 0.29) is 11.7 Å². The molecule has 0 spiro atoms. The Kier molecular flexibility index (Phi) is 4.36. The molecule has 0 amide bonds. The van der Waals surface area contributed by atoms with Crippen LogP contribution in [0.25, 0.3) is 11.0 Å². The number of methoxy groups -OCH3 is 1. The van der Waals surface area contributed by atoms with E-state index in [0.29, 0.717) is 28.2 Å². The normalized spacial score (nSPS) is 11.8. The number of nitrogens with zero attached hydrogens (tertiary/aromatic N) is 4. The second-order valence-corrected chi connectivity index (χ2v) is 5.24. The largest absolute Gasteiger partial charge is 0.374 e. The quantitative estimate of drug-likeness (QED) is 0.674. The third-order valence-corrected chi connectivity index (χ3v) is 3.67. The van der Waals surface area contributed by atoms with E-state index in [1.54, 1.807) is 32.5 Å². The summed E-state index contributed by atoms with van der Waals surface area (Å²) >= 11 is 0. The second kappa shape index (κ2) is 6.60. The van der Waals surface area contributed by atoms with Crippen molar-refractivity contribution in [2.75, 3.05) is 7.11 Å². The Bertz CT molecular complexity index is 1000. The zero-order valence-electron chi connectivity index (χ0n) is 13.6. The highest BCUT2D eigenvalue weighted by atomic mass is 16.5. The number of pyridine rings is 2. The fourth-order valence-electron chi connectivity index (χ4n) is 2.27. The van der Waals surface area contributed by atoms with Gasteiger partial charge in [0.15, 0.2) is 5.65 Å². The van der Waals surface area contributed by atoms with Crippen LogP contribution in [0.3, 0.4) is 0 Å². The molecular formula is C18H16N4O2. The molecular weight excluding hydrogens is 304 g/mol. The lowest BCUT2D eigenvalue weighted by molar-refractivity contribution is 0.108. The third kappa shape index (κ3) is 3.03. The van der Waals surface area contributed by atoms with E-state index in [4.69, 9.17) is 4.74 Å². The Morgan fingerprint density at radius 2 is 1.92 bits per heavy atom. The van der Waals surface area contributed by atoms with Crippen LogP contribution in [0.1, 0.15) is 30.2 Å². The lowest BCUT2D eigenvalue weighted by Gasteiger charge is -2.13. The maximum atomic E-state index is 12.4. The van der Waals surface area contributed by atoms with Crippen molar-refractivity contribution in [3.8, 4) is 11.8 Å². The summed E-state index contributed by atoms with van der Waals surface area (Å²) in [5.41, 5.74) is 1.40. The summed E-state index contributed by atoms with van der Waals surface area (Å²) in [7, 11) is 3.25. The molecule has 1 atom stereocenters. The molecule has 0 aliphatic rings. The molecule has 0 radical (unpaired) electrons. The average molecular weight is 320 g/mol. The second-order valence-electron chi connectivity index (χ2n) is 5.24. The molecule has 0 aromatic carbocycles. The summed E-state index contributed by atoms with van der Waals surface area (Å²) in [5, 5.41) is 0.452. The number of hydrogen-bond donors (Lipinski definition) is 0. The molecule has 0 fully saturated rings. The molecule has 0 bridgehead atoms. The smallest absolute Gasteiger partial charge is 0.262 e. The molecule has 24 heavy (non-hydrogen) atoms. The molecule has 0 saturated heterocycles. The first kappa shape index (κ1) is 15.8. The minimum atomic E-state index is -0.308. The molecule has 120 valence electrons. The topological polar surface area (TPSA) is 69.9 Å². The van der Waals surface area contributed by atoms with E-state index in [1.807, 2.05) is 25.1 Å². The van der Waals surface area contributed by atoms with Crippen molar-refractivity contribution in [1.82, 2.24) is 19.5 Å². The van der Waals surface area contributed by atoms with Crippen molar-refractivity contribution >= 4 is 11.0 Å². The molecule has 6 heteroatoms. The minimum Gasteiger partial charge on any atom is -0.374 e. The highest BCUT2D eigenvalue weighted by molar-refractivity contribution is 5.74. The van der Waals surface area contributed by atoms with Crippen LogP contribution in [0.4, 0.5) is 0 Å². The predicted molar refractivity (Wildman–Crippen MR) is 90.4 cm³/mol. The summed E-state index contributed by atoms with van der Waals surface area (Å²) < 4.78 is 6.75. The monoisotopic (exact) mass is 320 g/mol. The van der Waals surface area contributed by atoms with Gasteiger partial charge in [0.1, 0.15) is 23.3 Å². The van der Waals surface area contributed by atoms with Crippen LogP contribution in [0.15, 0.2) is 41.3 Å². The van der Waals surface area contributed by atoms with Crippen molar-refractivity contribution in [3.05, 3.63) is 64.1 Å². The Morgan fingerprint density at radius 3 is 2.62 bits per heavy atom. The highest BCUT2D eigenvalue weighted by Crippen LogP contribution is 2.14. The number of fused-ring (bicyclic) bond motifs is 1. The van der Waals surface area contributed by atoms with Crippen LogP contribution in [0.5, 0.6) is 0 Å². The van der Waals surface area contributed by atoms with E-state index < -0.39 is 0 Å². The lowest BCUT2D eigenvalue weighted by Crippen LogP contribution is -2.24. The van der Waals surface area contributed by atoms with Crippen molar-refractivity contribution in [2.24, 2.45) is 7.05 Å². The molecule has 6 nitrogen and oxygen atoms in total. The number of rotatable bonds is 2. The van der Waals surface area contributed by atoms with E-state index >= 15 is 0 Å². The van der Waals surface area contributed by atoms with Gasteiger partial charge in [0.25, 0.3) is 5.56 Å². The van der Waals surface area contributed by atoms with Crippen LogP contribution < -0.4 is 5.56 Å². The minimum absolute atomic E-state index is 0.157. The number of ether oxygens (including phenoxy) is 1. The van der Waals surface area contributed by atoms with E-state index in [1.165, 1.54) is 4.57 Å². The molecule has 0 saturated carbocycles. The van der Waals surface area contributed by atoms with Gasteiger partial charge in [0.05, 0.1) is 5.39 Å². The zero-order valence-corrected chi connectivity index (χ0v) is 13.6. The fraction of sp³-hybridized carbons (Fsp3) is 0.222. The average Bonchev–Trinajstić information content (AvgIpc) is 2.63. The van der Waals surface area contributed by atoms with Crippen molar-refractivity contribution < 1.29 is 4.74 Å². The summed E-state index contributed by atoms with van der Waals surface area (Å²) in [5.74, 6) is 6.41. The predicted octanol–water partition coefficient (Wildman–Crippen LogP) is 1.83. The van der Waals surface area contributed by atoms with Crippen LogP contribution in [0.2, 0.25) is 0 Å². The van der Waals surface area contributed by atoms with Crippen LogP contribution >= 0.6 is 0 Å². The Morgan fingerprint density at radius 1 is 1.12 bits per heavy atom. The molecule has 3 heterocycles. The molecule has 1 unspecified atom stereocenters. The third-order valence-electron chi connectivity index (χ3n) is 3.67. The van der Waals surface area contributed by atoms with Gasteiger partial charge in [-0.2, -0.15) is 0 Å². The molecule has 0 aliphatic heterocycles. The summed E-state index contributed by atoms with van der Waals surface area (Å²) in [4.78, 5) is 25.4. The SMILES string of the molecule is COC(C)c1nc2nc(C#Cc3ccccn3)ccc2c(=O)n1C. The van der Waals surface area contributed by atoms with E-state index in [9.17, 15) is 4.79 Å². The zero-order chi connectivity index (χ0) is 17.1. The van der Waals surface area contributed by atoms with E-state index in [2.05, 4.69) is 26.8 Å². The standard InChI is InChI=1S/C18H16N4O2/c1-12(24-3)17-21-16-15(18(23)22(17)2)10-9-14(20-16)8-7-13-6-4-5-11-19-13/h4-6,9-12H,1-3H3. The van der Waals surface area contributed by atoms with Gasteiger partial charge in [-0.3, -0.25) is 9.36 Å². The molecule has 3 aromatic rings. The highest BCUT2D eigenvalue weighted by Gasteiger charge is 2.14. The lowest BCUT2D eigenvalue weighted by atomic mass is 10.2. The van der Waals surface area contributed by atoms with E-state index in [0.717, 1.165) is 0 Å².